The van der Waals surface area contributed by atoms with Gasteiger partial charge in [0.15, 0.2) is 9.84 Å². The average molecular weight is 293 g/mol. The Balaban J connectivity index is 1.60. The molecule has 3 heterocycles. The van der Waals surface area contributed by atoms with E-state index >= 15 is 0 Å². The monoisotopic (exact) mass is 293 g/mol. The lowest BCUT2D eigenvalue weighted by Gasteiger charge is -2.26. The van der Waals surface area contributed by atoms with E-state index in [0.717, 1.165) is 18.5 Å². The zero-order chi connectivity index (χ0) is 14.2. The van der Waals surface area contributed by atoms with Crippen LogP contribution in [0.5, 0.6) is 0 Å². The van der Waals surface area contributed by atoms with Crippen LogP contribution in [0.2, 0.25) is 0 Å². The van der Waals surface area contributed by atoms with Crippen LogP contribution in [0, 0.1) is 5.92 Å². The predicted octanol–water partition coefficient (Wildman–Crippen LogP) is 1.94. The number of rotatable bonds is 4. The Morgan fingerprint density at radius 2 is 1.90 bits per heavy atom. The van der Waals surface area contributed by atoms with E-state index in [-0.39, 0.29) is 22.2 Å². The molecule has 2 saturated heterocycles. The molecule has 5 heteroatoms. The third-order valence-electron chi connectivity index (χ3n) is 4.64. The predicted molar refractivity (Wildman–Crippen MR) is 76.0 cm³/mol. The number of fused-ring (bicyclic) bond motifs is 2. The van der Waals surface area contributed by atoms with Gasteiger partial charge in [0, 0.05) is 24.2 Å². The minimum Gasteiger partial charge on any atom is -0.299 e. The van der Waals surface area contributed by atoms with Crippen molar-refractivity contribution in [3.05, 3.63) is 30.1 Å². The van der Waals surface area contributed by atoms with Crippen molar-refractivity contribution >= 4 is 15.6 Å². The van der Waals surface area contributed by atoms with Crippen molar-refractivity contribution in [3.8, 4) is 0 Å². The Labute approximate surface area is 119 Å². The first-order chi connectivity index (χ1) is 9.57. The molecule has 2 aliphatic rings. The molecule has 1 aromatic heterocycles. The minimum atomic E-state index is -2.93. The molecule has 0 N–H and O–H groups in total. The van der Waals surface area contributed by atoms with Crippen LogP contribution in [0.3, 0.4) is 0 Å². The lowest BCUT2D eigenvalue weighted by atomic mass is 9.91. The second kappa shape index (κ2) is 5.28. The van der Waals surface area contributed by atoms with Gasteiger partial charge in [-0.2, -0.15) is 0 Å². The number of ketones is 1. The number of aryl methyl sites for hydroxylation is 1. The smallest absolute Gasteiger partial charge is 0.156 e. The fourth-order valence-corrected chi connectivity index (χ4v) is 5.95. The van der Waals surface area contributed by atoms with E-state index in [4.69, 9.17) is 0 Å². The molecule has 0 amide bonds. The molecule has 20 heavy (non-hydrogen) atoms. The maximum Gasteiger partial charge on any atom is 0.156 e. The summed E-state index contributed by atoms with van der Waals surface area (Å²) in [7, 11) is -2.93. The van der Waals surface area contributed by atoms with Gasteiger partial charge < -0.3 is 0 Å². The Hall–Kier alpha value is -1.23. The Morgan fingerprint density at radius 3 is 2.50 bits per heavy atom. The molecular weight excluding hydrogens is 274 g/mol. The topological polar surface area (TPSA) is 64.1 Å². The van der Waals surface area contributed by atoms with Gasteiger partial charge in [0.05, 0.1) is 10.5 Å². The van der Waals surface area contributed by atoms with E-state index in [0.29, 0.717) is 25.7 Å². The van der Waals surface area contributed by atoms with Crippen molar-refractivity contribution in [1.29, 1.82) is 0 Å². The van der Waals surface area contributed by atoms with Gasteiger partial charge >= 0.3 is 0 Å². The van der Waals surface area contributed by atoms with E-state index in [2.05, 4.69) is 4.98 Å². The number of nitrogens with zero attached hydrogens (tertiary/aromatic N) is 1. The summed E-state index contributed by atoms with van der Waals surface area (Å²) in [5.41, 5.74) is 0.923. The van der Waals surface area contributed by atoms with Crippen LogP contribution >= 0.6 is 0 Å². The fraction of sp³-hybridized carbons (Fsp3) is 0.600. The molecule has 2 unspecified atom stereocenters. The summed E-state index contributed by atoms with van der Waals surface area (Å²) in [4.78, 5) is 16.5. The van der Waals surface area contributed by atoms with E-state index in [1.165, 1.54) is 0 Å². The molecule has 0 saturated carbocycles. The standard InChI is InChI=1S/C15H19NO3S/c17-15(7-4-12-3-1-2-8-16-12)11-9-13-5-6-14(10-11)20(13,18)19/h1-3,8,11,13-14H,4-7,9-10H2. The molecule has 2 fully saturated rings. The number of Topliss-reactive ketones (excluding diaryl/α,β-unsaturated/α-hetero) is 1. The number of hydrogen-bond donors (Lipinski definition) is 0. The zero-order valence-electron chi connectivity index (χ0n) is 11.4. The van der Waals surface area contributed by atoms with Crippen molar-refractivity contribution in [1.82, 2.24) is 4.98 Å². The molecule has 0 aliphatic carbocycles. The quantitative estimate of drug-likeness (QED) is 0.851. The summed E-state index contributed by atoms with van der Waals surface area (Å²) in [6, 6.07) is 5.69. The van der Waals surface area contributed by atoms with Crippen LogP contribution < -0.4 is 0 Å². The summed E-state index contributed by atoms with van der Waals surface area (Å²) in [6.07, 6.45) is 5.43. The van der Waals surface area contributed by atoms with E-state index in [1.807, 2.05) is 18.2 Å². The summed E-state index contributed by atoms with van der Waals surface area (Å²) in [5, 5.41) is -0.518. The number of pyridine rings is 1. The van der Waals surface area contributed by atoms with Crippen molar-refractivity contribution in [3.63, 3.8) is 0 Å². The molecule has 0 spiro atoms. The normalized spacial score (nSPS) is 31.1. The van der Waals surface area contributed by atoms with Gasteiger partial charge in [0.25, 0.3) is 0 Å². The van der Waals surface area contributed by atoms with Gasteiger partial charge in [-0.1, -0.05) is 6.07 Å². The Bertz CT molecular complexity index is 577. The second-order valence-electron chi connectivity index (χ2n) is 5.87. The summed E-state index contributed by atoms with van der Waals surface area (Å²) >= 11 is 0. The Kier molecular flexibility index (Phi) is 3.63. The molecule has 3 rings (SSSR count). The molecule has 2 bridgehead atoms. The highest BCUT2D eigenvalue weighted by Crippen LogP contribution is 2.41. The van der Waals surface area contributed by atoms with Crippen LogP contribution in [0.25, 0.3) is 0 Å². The van der Waals surface area contributed by atoms with Crippen LogP contribution in [0.4, 0.5) is 0 Å². The average Bonchev–Trinajstić information content (AvgIpc) is 2.65. The van der Waals surface area contributed by atoms with E-state index < -0.39 is 9.84 Å². The van der Waals surface area contributed by atoms with Gasteiger partial charge in [-0.15, -0.1) is 0 Å². The lowest BCUT2D eigenvalue weighted by molar-refractivity contribution is -0.123. The van der Waals surface area contributed by atoms with Gasteiger partial charge in [-0.3, -0.25) is 9.78 Å². The molecule has 0 radical (unpaired) electrons. The van der Waals surface area contributed by atoms with Gasteiger partial charge in [0.1, 0.15) is 5.78 Å². The van der Waals surface area contributed by atoms with Crippen LogP contribution in [0.15, 0.2) is 24.4 Å². The van der Waals surface area contributed by atoms with Crippen molar-refractivity contribution in [2.24, 2.45) is 5.92 Å². The highest BCUT2D eigenvalue weighted by atomic mass is 32.2. The zero-order valence-corrected chi connectivity index (χ0v) is 12.2. The maximum atomic E-state index is 12.3. The third-order valence-corrected chi connectivity index (χ3v) is 7.36. The Morgan fingerprint density at radius 1 is 1.20 bits per heavy atom. The molecule has 2 atom stereocenters. The lowest BCUT2D eigenvalue weighted by Crippen LogP contribution is -2.36. The maximum absolute atomic E-state index is 12.3. The number of sulfone groups is 1. The van der Waals surface area contributed by atoms with Crippen molar-refractivity contribution in [2.75, 3.05) is 0 Å². The minimum absolute atomic E-state index is 0.0558. The number of hydrogen-bond acceptors (Lipinski definition) is 4. The van der Waals surface area contributed by atoms with E-state index in [1.54, 1.807) is 6.20 Å². The van der Waals surface area contributed by atoms with E-state index in [9.17, 15) is 13.2 Å². The van der Waals surface area contributed by atoms with Crippen LogP contribution in [0.1, 0.15) is 37.8 Å². The largest absolute Gasteiger partial charge is 0.299 e. The van der Waals surface area contributed by atoms with Crippen LogP contribution in [-0.4, -0.2) is 29.7 Å². The third kappa shape index (κ3) is 2.51. The molecule has 108 valence electrons. The molecule has 1 aromatic rings. The molecule has 2 aliphatic heterocycles. The highest BCUT2D eigenvalue weighted by molar-refractivity contribution is 7.93. The number of carbonyl (C=O) groups excluding carboxylic acids is 1. The first-order valence-corrected chi connectivity index (χ1v) is 8.83. The summed E-state index contributed by atoms with van der Waals surface area (Å²) < 4.78 is 24.0. The summed E-state index contributed by atoms with van der Waals surface area (Å²) in [5.74, 6) is 0.155. The van der Waals surface area contributed by atoms with Gasteiger partial charge in [-0.25, -0.2) is 8.42 Å². The fourth-order valence-electron chi connectivity index (χ4n) is 3.47. The van der Waals surface area contributed by atoms with Crippen LogP contribution in [-0.2, 0) is 21.1 Å². The molecule has 4 nitrogen and oxygen atoms in total. The number of carbonyl (C=O) groups is 1. The first-order valence-electron chi connectivity index (χ1n) is 7.22. The van der Waals surface area contributed by atoms with Crippen molar-refractivity contribution < 1.29 is 13.2 Å². The van der Waals surface area contributed by atoms with Gasteiger partial charge in [-0.05, 0) is 44.2 Å². The van der Waals surface area contributed by atoms with Crippen molar-refractivity contribution in [2.45, 2.75) is 49.0 Å². The SMILES string of the molecule is O=C(CCc1ccccn1)C1CC2CCC(C1)S2(=O)=O. The summed E-state index contributed by atoms with van der Waals surface area (Å²) in [6.45, 7) is 0. The molecular formula is C15H19NO3S. The second-order valence-corrected chi connectivity index (χ2v) is 8.38. The first kappa shape index (κ1) is 13.7. The van der Waals surface area contributed by atoms with Gasteiger partial charge in [0.2, 0.25) is 0 Å². The highest BCUT2D eigenvalue weighted by Gasteiger charge is 2.48. The molecule has 0 aromatic carbocycles. The number of aromatic nitrogens is 1.